The number of rotatable bonds is 9. The first kappa shape index (κ1) is 18.7. The number of ether oxygens (including phenoxy) is 2. The minimum absolute atomic E-state index is 0.130. The number of para-hydroxylation sites is 1. The highest BCUT2D eigenvalue weighted by Gasteiger charge is 2.23. The van der Waals surface area contributed by atoms with E-state index in [1.165, 1.54) is 24.3 Å². The Morgan fingerprint density at radius 1 is 1.04 bits per heavy atom. The number of halogens is 1. The van der Waals surface area contributed by atoms with Crippen LogP contribution < -0.4 is 20.1 Å². The molecule has 0 heterocycles. The maximum atomic E-state index is 12.8. The third kappa shape index (κ3) is 5.99. The van der Waals surface area contributed by atoms with E-state index in [9.17, 15) is 14.0 Å². The van der Waals surface area contributed by atoms with Crippen molar-refractivity contribution < 1.29 is 23.5 Å². The molecule has 0 unspecified atom stereocenters. The second-order valence-electron chi connectivity index (χ2n) is 6.18. The summed E-state index contributed by atoms with van der Waals surface area (Å²) in [5.41, 5.74) is 0.346. The summed E-state index contributed by atoms with van der Waals surface area (Å²) in [7, 11) is 0. The molecule has 0 aliphatic heterocycles. The zero-order valence-corrected chi connectivity index (χ0v) is 14.7. The van der Waals surface area contributed by atoms with Crippen molar-refractivity contribution in [2.75, 3.05) is 19.8 Å². The molecular formula is C20H21FN2O4. The van der Waals surface area contributed by atoms with Crippen molar-refractivity contribution in [3.8, 4) is 11.5 Å². The molecule has 0 saturated heterocycles. The zero-order chi connectivity index (χ0) is 19.1. The predicted molar refractivity (Wildman–Crippen MR) is 97.3 cm³/mol. The molecule has 2 amide bonds. The Morgan fingerprint density at radius 3 is 2.52 bits per heavy atom. The van der Waals surface area contributed by atoms with E-state index in [0.29, 0.717) is 17.1 Å². The van der Waals surface area contributed by atoms with E-state index in [0.717, 1.165) is 12.8 Å². The van der Waals surface area contributed by atoms with Crippen molar-refractivity contribution in [3.05, 3.63) is 59.9 Å². The average molecular weight is 372 g/mol. The highest BCUT2D eigenvalue weighted by Crippen LogP contribution is 2.20. The van der Waals surface area contributed by atoms with Gasteiger partial charge in [0.15, 0.2) is 6.61 Å². The first-order valence-corrected chi connectivity index (χ1v) is 8.79. The van der Waals surface area contributed by atoms with Gasteiger partial charge < -0.3 is 20.1 Å². The number of hydrogen-bond acceptors (Lipinski definition) is 4. The first-order valence-electron chi connectivity index (χ1n) is 8.79. The maximum Gasteiger partial charge on any atom is 0.258 e. The predicted octanol–water partition coefficient (Wildman–Crippen LogP) is 2.29. The Hall–Kier alpha value is -3.09. The van der Waals surface area contributed by atoms with Crippen LogP contribution in [0.25, 0.3) is 0 Å². The molecule has 1 saturated carbocycles. The molecule has 27 heavy (non-hydrogen) atoms. The normalized spacial score (nSPS) is 12.9. The van der Waals surface area contributed by atoms with Gasteiger partial charge >= 0.3 is 0 Å². The van der Waals surface area contributed by atoms with Gasteiger partial charge in [0.25, 0.3) is 11.8 Å². The maximum absolute atomic E-state index is 12.8. The highest BCUT2D eigenvalue weighted by atomic mass is 19.1. The van der Waals surface area contributed by atoms with Crippen LogP contribution in [0, 0.1) is 5.82 Å². The number of amides is 2. The monoisotopic (exact) mass is 372 g/mol. The summed E-state index contributed by atoms with van der Waals surface area (Å²) in [6.45, 7) is 0.380. The van der Waals surface area contributed by atoms with Crippen LogP contribution in [0.2, 0.25) is 0 Å². The van der Waals surface area contributed by atoms with Crippen LogP contribution in [0.3, 0.4) is 0 Å². The molecule has 3 rings (SSSR count). The van der Waals surface area contributed by atoms with E-state index in [1.807, 2.05) is 0 Å². The number of carbonyl (C=O) groups is 2. The lowest BCUT2D eigenvalue weighted by molar-refractivity contribution is -0.123. The molecule has 1 aliphatic rings. The zero-order valence-electron chi connectivity index (χ0n) is 14.7. The van der Waals surface area contributed by atoms with Gasteiger partial charge in [-0.3, -0.25) is 9.59 Å². The van der Waals surface area contributed by atoms with Gasteiger partial charge in [-0.2, -0.15) is 0 Å². The van der Waals surface area contributed by atoms with Crippen molar-refractivity contribution in [3.63, 3.8) is 0 Å². The van der Waals surface area contributed by atoms with Crippen LogP contribution >= 0.6 is 0 Å². The van der Waals surface area contributed by atoms with E-state index in [4.69, 9.17) is 9.47 Å². The third-order valence-electron chi connectivity index (χ3n) is 3.90. The SMILES string of the molecule is O=C(COc1ccccc1C(=O)NCCOc1ccc(F)cc1)NC1CC1. The lowest BCUT2D eigenvalue weighted by Gasteiger charge is -2.12. The molecule has 0 radical (unpaired) electrons. The van der Waals surface area contributed by atoms with Crippen molar-refractivity contribution in [2.45, 2.75) is 18.9 Å². The summed E-state index contributed by atoms with van der Waals surface area (Å²) in [4.78, 5) is 24.1. The number of benzene rings is 2. The fourth-order valence-electron chi connectivity index (χ4n) is 2.38. The van der Waals surface area contributed by atoms with E-state index >= 15 is 0 Å². The lowest BCUT2D eigenvalue weighted by Crippen LogP contribution is -2.31. The molecule has 2 N–H and O–H groups in total. The summed E-state index contributed by atoms with van der Waals surface area (Å²) in [6, 6.07) is 12.7. The highest BCUT2D eigenvalue weighted by molar-refractivity contribution is 5.97. The summed E-state index contributed by atoms with van der Waals surface area (Å²) in [6.07, 6.45) is 2.01. The van der Waals surface area contributed by atoms with Gasteiger partial charge in [0.2, 0.25) is 0 Å². The molecular weight excluding hydrogens is 351 g/mol. The number of nitrogens with one attached hydrogen (secondary N) is 2. The van der Waals surface area contributed by atoms with Crippen LogP contribution in [0.1, 0.15) is 23.2 Å². The second kappa shape index (κ2) is 9.02. The second-order valence-corrected chi connectivity index (χ2v) is 6.18. The molecule has 7 heteroatoms. The van der Waals surface area contributed by atoms with Gasteiger partial charge in [0, 0.05) is 6.04 Å². The molecule has 1 fully saturated rings. The van der Waals surface area contributed by atoms with Crippen LogP contribution in [-0.4, -0.2) is 37.6 Å². The molecule has 1 aliphatic carbocycles. The fraction of sp³-hybridized carbons (Fsp3) is 0.300. The molecule has 2 aromatic rings. The molecule has 0 bridgehead atoms. The van der Waals surface area contributed by atoms with Crippen LogP contribution in [0.4, 0.5) is 4.39 Å². The van der Waals surface area contributed by atoms with Gasteiger partial charge in [-0.1, -0.05) is 12.1 Å². The molecule has 2 aromatic carbocycles. The van der Waals surface area contributed by atoms with Gasteiger partial charge in [-0.15, -0.1) is 0 Å². The Morgan fingerprint density at radius 2 is 1.78 bits per heavy atom. The first-order chi connectivity index (χ1) is 13.1. The number of carbonyl (C=O) groups excluding carboxylic acids is 2. The topological polar surface area (TPSA) is 76.7 Å². The average Bonchev–Trinajstić information content (AvgIpc) is 3.49. The van der Waals surface area contributed by atoms with E-state index in [1.54, 1.807) is 24.3 Å². The van der Waals surface area contributed by atoms with E-state index in [-0.39, 0.29) is 43.4 Å². The Kier molecular flexibility index (Phi) is 6.25. The fourth-order valence-corrected chi connectivity index (χ4v) is 2.38. The Balaban J connectivity index is 1.45. The molecule has 0 spiro atoms. The smallest absolute Gasteiger partial charge is 0.258 e. The summed E-state index contributed by atoms with van der Waals surface area (Å²) in [5.74, 6) is 0.0193. The number of hydrogen-bond donors (Lipinski definition) is 2. The van der Waals surface area contributed by atoms with Gasteiger partial charge in [0.1, 0.15) is 23.9 Å². The minimum atomic E-state index is -0.335. The van der Waals surface area contributed by atoms with Crippen LogP contribution in [0.15, 0.2) is 48.5 Å². The molecule has 0 atom stereocenters. The Bertz CT molecular complexity index is 791. The van der Waals surface area contributed by atoms with Crippen molar-refractivity contribution in [1.82, 2.24) is 10.6 Å². The molecule has 6 nitrogen and oxygen atoms in total. The van der Waals surface area contributed by atoms with Gasteiger partial charge in [-0.05, 0) is 49.2 Å². The van der Waals surface area contributed by atoms with E-state index in [2.05, 4.69) is 10.6 Å². The summed E-state index contributed by atoms with van der Waals surface area (Å²) >= 11 is 0. The summed E-state index contributed by atoms with van der Waals surface area (Å²) < 4.78 is 23.8. The van der Waals surface area contributed by atoms with Crippen molar-refractivity contribution in [2.24, 2.45) is 0 Å². The van der Waals surface area contributed by atoms with Gasteiger partial charge in [0.05, 0.1) is 12.1 Å². The molecule has 142 valence electrons. The largest absolute Gasteiger partial charge is 0.492 e. The lowest BCUT2D eigenvalue weighted by atomic mass is 10.2. The standard InChI is InChI=1S/C20H21FN2O4/c21-14-5-9-16(10-6-14)26-12-11-22-20(25)17-3-1-2-4-18(17)27-13-19(24)23-15-7-8-15/h1-6,9-10,15H,7-8,11-13H2,(H,22,25)(H,23,24). The van der Waals surface area contributed by atoms with Crippen LogP contribution in [-0.2, 0) is 4.79 Å². The Labute approximate surface area is 156 Å². The van der Waals surface area contributed by atoms with Crippen LogP contribution in [0.5, 0.6) is 11.5 Å². The van der Waals surface area contributed by atoms with Crippen molar-refractivity contribution >= 4 is 11.8 Å². The molecule has 0 aromatic heterocycles. The van der Waals surface area contributed by atoms with Gasteiger partial charge in [-0.25, -0.2) is 4.39 Å². The minimum Gasteiger partial charge on any atom is -0.492 e. The van der Waals surface area contributed by atoms with E-state index < -0.39 is 0 Å². The quantitative estimate of drug-likeness (QED) is 0.662. The summed E-state index contributed by atoms with van der Waals surface area (Å²) in [5, 5.41) is 5.56. The third-order valence-corrected chi connectivity index (χ3v) is 3.90. The van der Waals surface area contributed by atoms with Crippen molar-refractivity contribution in [1.29, 1.82) is 0 Å².